The molecule has 1 aromatic heterocycles. The standard InChI is InChI=1S/C33H39F6N5O3/c1-23(41-47-16-13-42-11-14-46-15-12-42)5-4-8-43-9-10-44(28(22-43)19-25-21-40-30-7-3-2-6-29(25)30)31(45)24-17-26(32(34,35)36)20-27(18-24)33(37,38)39/h2-3,6-7,17-18,20-21,28,40H,4-5,8-16,19,22H2,1H3/b41-23+/t28-/m1/s1. The molecule has 8 nitrogen and oxygen atoms in total. The van der Waals surface area contributed by atoms with E-state index in [-0.39, 0.29) is 12.6 Å². The Morgan fingerprint density at radius 3 is 2.36 bits per heavy atom. The number of H-pyrrole nitrogens is 1. The van der Waals surface area contributed by atoms with Gasteiger partial charge >= 0.3 is 12.4 Å². The van der Waals surface area contributed by atoms with Crippen LogP contribution in [-0.4, -0.2) is 103 Å². The number of aromatic nitrogens is 1. The Balaban J connectivity index is 1.27. The third-order valence-corrected chi connectivity index (χ3v) is 8.63. The van der Waals surface area contributed by atoms with E-state index in [1.807, 2.05) is 37.4 Å². The molecule has 0 saturated carbocycles. The predicted octanol–water partition coefficient (Wildman–Crippen LogP) is 6.08. The maximum absolute atomic E-state index is 13.7. The summed E-state index contributed by atoms with van der Waals surface area (Å²) in [6.45, 7) is 8.01. The minimum Gasteiger partial charge on any atom is -0.394 e. The fourth-order valence-corrected chi connectivity index (χ4v) is 6.12. The normalized spacial score (nSPS) is 19.0. The lowest BCUT2D eigenvalue weighted by molar-refractivity contribution is -0.143. The fraction of sp³-hybridized carbons (Fsp3) is 0.515. The van der Waals surface area contributed by atoms with Crippen molar-refractivity contribution in [2.24, 2.45) is 5.16 Å². The van der Waals surface area contributed by atoms with Crippen LogP contribution in [0.25, 0.3) is 10.9 Å². The van der Waals surface area contributed by atoms with Gasteiger partial charge in [0.05, 0.1) is 30.1 Å². The van der Waals surface area contributed by atoms with Crippen molar-refractivity contribution in [2.75, 3.05) is 65.6 Å². The molecule has 0 aliphatic carbocycles. The van der Waals surface area contributed by atoms with Crippen molar-refractivity contribution in [1.82, 2.24) is 19.7 Å². The topological polar surface area (TPSA) is 73.4 Å². The number of carbonyl (C=O) groups excluding carboxylic acids is 1. The summed E-state index contributed by atoms with van der Waals surface area (Å²) in [7, 11) is 0. The van der Waals surface area contributed by atoms with Gasteiger partial charge < -0.3 is 19.5 Å². The van der Waals surface area contributed by atoms with Crippen LogP contribution < -0.4 is 0 Å². The van der Waals surface area contributed by atoms with Crippen molar-refractivity contribution in [3.8, 4) is 0 Å². The predicted molar refractivity (Wildman–Crippen MR) is 165 cm³/mol. The molecule has 0 unspecified atom stereocenters. The molecule has 256 valence electrons. The molecular weight excluding hydrogens is 628 g/mol. The van der Waals surface area contributed by atoms with Gasteiger partial charge in [0, 0.05) is 68.0 Å². The number of hydrogen-bond acceptors (Lipinski definition) is 6. The summed E-state index contributed by atoms with van der Waals surface area (Å²) in [5, 5.41) is 5.17. The van der Waals surface area contributed by atoms with Gasteiger partial charge in [0.25, 0.3) is 5.91 Å². The lowest BCUT2D eigenvalue weighted by atomic mass is 9.98. The van der Waals surface area contributed by atoms with Crippen molar-refractivity contribution < 1.29 is 40.7 Å². The van der Waals surface area contributed by atoms with E-state index in [0.29, 0.717) is 51.2 Å². The molecule has 0 radical (unpaired) electrons. The number of benzene rings is 2. The molecule has 1 atom stereocenters. The first-order valence-corrected chi connectivity index (χ1v) is 15.7. The van der Waals surface area contributed by atoms with Crippen molar-refractivity contribution in [2.45, 2.75) is 44.6 Å². The number of para-hydroxylation sites is 1. The van der Waals surface area contributed by atoms with Crippen molar-refractivity contribution >= 4 is 22.5 Å². The van der Waals surface area contributed by atoms with Gasteiger partial charge in [0.15, 0.2) is 0 Å². The first-order valence-electron chi connectivity index (χ1n) is 15.7. The molecule has 0 bridgehead atoms. The molecule has 3 heterocycles. The van der Waals surface area contributed by atoms with E-state index in [0.717, 1.165) is 61.4 Å². The number of alkyl halides is 6. The molecular formula is C33H39F6N5O3. The Hall–Kier alpha value is -3.62. The zero-order chi connectivity index (χ0) is 33.6. The minimum atomic E-state index is -5.05. The van der Waals surface area contributed by atoms with Gasteiger partial charge in [-0.05, 0) is 62.6 Å². The third-order valence-electron chi connectivity index (χ3n) is 8.63. The van der Waals surface area contributed by atoms with Crippen molar-refractivity contribution in [3.05, 3.63) is 70.9 Å². The second-order valence-corrected chi connectivity index (χ2v) is 12.0. The highest BCUT2D eigenvalue weighted by Crippen LogP contribution is 2.37. The summed E-state index contributed by atoms with van der Waals surface area (Å²) in [5.41, 5.74) is -1.01. The van der Waals surface area contributed by atoms with Crippen molar-refractivity contribution in [1.29, 1.82) is 0 Å². The molecule has 3 aromatic rings. The van der Waals surface area contributed by atoms with Crippen LogP contribution in [0.2, 0.25) is 0 Å². The van der Waals surface area contributed by atoms with Gasteiger partial charge in [-0.2, -0.15) is 26.3 Å². The fourth-order valence-electron chi connectivity index (χ4n) is 6.12. The second-order valence-electron chi connectivity index (χ2n) is 12.0. The molecule has 5 rings (SSSR count). The van der Waals surface area contributed by atoms with E-state index in [1.165, 1.54) is 4.90 Å². The maximum Gasteiger partial charge on any atom is 0.416 e. The van der Waals surface area contributed by atoms with Crippen LogP contribution in [0, 0.1) is 0 Å². The number of amides is 1. The molecule has 14 heteroatoms. The van der Waals surface area contributed by atoms with E-state index >= 15 is 0 Å². The van der Waals surface area contributed by atoms with Gasteiger partial charge in [-0.1, -0.05) is 23.4 Å². The van der Waals surface area contributed by atoms with Crippen LogP contribution in [0.4, 0.5) is 26.3 Å². The Morgan fingerprint density at radius 2 is 1.66 bits per heavy atom. The van der Waals surface area contributed by atoms with E-state index in [2.05, 4.69) is 19.9 Å². The average Bonchev–Trinajstić information content (AvgIpc) is 3.45. The number of halogens is 6. The largest absolute Gasteiger partial charge is 0.416 e. The molecule has 0 spiro atoms. The van der Waals surface area contributed by atoms with Gasteiger partial charge in [-0.25, -0.2) is 0 Å². The number of morpholine rings is 1. The van der Waals surface area contributed by atoms with Crippen LogP contribution in [0.5, 0.6) is 0 Å². The highest BCUT2D eigenvalue weighted by atomic mass is 19.4. The number of fused-ring (bicyclic) bond motifs is 1. The Bertz CT molecular complexity index is 1500. The molecule has 2 aromatic carbocycles. The number of hydrogen-bond donors (Lipinski definition) is 1. The molecule has 2 fully saturated rings. The van der Waals surface area contributed by atoms with Crippen LogP contribution in [0.15, 0.2) is 53.8 Å². The number of carbonyl (C=O) groups is 1. The monoisotopic (exact) mass is 667 g/mol. The SMILES string of the molecule is C/C(CCCN1CCN(C(=O)c2cc(C(F)(F)F)cc(C(F)(F)F)c2)[C@H](Cc2c[nH]c3ccccc23)C1)=N\OCCN1CCOCC1. The average molecular weight is 668 g/mol. The van der Waals surface area contributed by atoms with Gasteiger partial charge in [0.2, 0.25) is 0 Å². The van der Waals surface area contributed by atoms with E-state index < -0.39 is 41.0 Å². The molecule has 2 saturated heterocycles. The summed E-state index contributed by atoms with van der Waals surface area (Å²) in [6.07, 6.45) is -6.44. The summed E-state index contributed by atoms with van der Waals surface area (Å²) >= 11 is 0. The smallest absolute Gasteiger partial charge is 0.394 e. The van der Waals surface area contributed by atoms with E-state index in [4.69, 9.17) is 9.57 Å². The van der Waals surface area contributed by atoms with E-state index in [9.17, 15) is 31.1 Å². The van der Waals surface area contributed by atoms with Crippen LogP contribution in [-0.2, 0) is 28.3 Å². The number of oxime groups is 1. The first-order chi connectivity index (χ1) is 22.4. The number of nitrogens with zero attached hydrogens (tertiary/aromatic N) is 4. The molecule has 1 N–H and O–H groups in total. The Morgan fingerprint density at radius 1 is 0.957 bits per heavy atom. The summed E-state index contributed by atoms with van der Waals surface area (Å²) in [5.74, 6) is -0.858. The maximum atomic E-state index is 13.7. The lowest BCUT2D eigenvalue weighted by Gasteiger charge is -2.42. The zero-order valence-corrected chi connectivity index (χ0v) is 26.2. The third kappa shape index (κ3) is 9.26. The van der Waals surface area contributed by atoms with Crippen LogP contribution in [0.3, 0.4) is 0 Å². The molecule has 1 amide bonds. The van der Waals surface area contributed by atoms with Crippen LogP contribution in [0.1, 0.15) is 46.8 Å². The lowest BCUT2D eigenvalue weighted by Crippen LogP contribution is -2.56. The minimum absolute atomic E-state index is 0.0403. The molecule has 47 heavy (non-hydrogen) atoms. The number of aromatic amines is 1. The first kappa shape index (κ1) is 34.7. The number of nitrogens with one attached hydrogen (secondary N) is 1. The summed E-state index contributed by atoms with van der Waals surface area (Å²) in [6, 6.07) is 8.18. The van der Waals surface area contributed by atoms with Crippen molar-refractivity contribution in [3.63, 3.8) is 0 Å². The molecule has 2 aliphatic rings. The number of ether oxygens (including phenoxy) is 1. The van der Waals surface area contributed by atoms with Gasteiger partial charge in [-0.15, -0.1) is 0 Å². The summed E-state index contributed by atoms with van der Waals surface area (Å²) in [4.78, 5) is 28.3. The Kier molecular flexibility index (Phi) is 11.1. The number of rotatable bonds is 11. The number of piperazine rings is 1. The van der Waals surface area contributed by atoms with E-state index in [1.54, 1.807) is 0 Å². The molecule has 2 aliphatic heterocycles. The second kappa shape index (κ2) is 15.1. The van der Waals surface area contributed by atoms with Gasteiger partial charge in [-0.3, -0.25) is 14.6 Å². The highest BCUT2D eigenvalue weighted by Gasteiger charge is 2.39. The van der Waals surface area contributed by atoms with Gasteiger partial charge in [0.1, 0.15) is 6.61 Å². The zero-order valence-electron chi connectivity index (χ0n) is 26.2. The quantitative estimate of drug-likeness (QED) is 0.116. The Labute approximate surface area is 269 Å². The summed E-state index contributed by atoms with van der Waals surface area (Å²) < 4.78 is 86.9. The highest BCUT2D eigenvalue weighted by molar-refractivity contribution is 5.95. The van der Waals surface area contributed by atoms with Crippen LogP contribution >= 0.6 is 0 Å².